The van der Waals surface area contributed by atoms with Crippen molar-refractivity contribution in [3.63, 3.8) is 0 Å². The topological polar surface area (TPSA) is 59.1 Å². The Morgan fingerprint density at radius 3 is 2.64 bits per heavy atom. The Morgan fingerprint density at radius 2 is 1.89 bits per heavy atom. The first kappa shape index (κ1) is 25.9. The van der Waals surface area contributed by atoms with E-state index in [9.17, 15) is 14.0 Å². The Labute approximate surface area is 215 Å². The highest BCUT2D eigenvalue weighted by atomic mass is 32.1. The van der Waals surface area contributed by atoms with Gasteiger partial charge in [-0.2, -0.15) is 0 Å². The lowest BCUT2D eigenvalue weighted by Crippen LogP contribution is -2.48. The van der Waals surface area contributed by atoms with Crippen LogP contribution in [0.4, 0.5) is 4.39 Å². The van der Waals surface area contributed by atoms with Crippen LogP contribution in [0.1, 0.15) is 28.5 Å². The maximum atomic E-state index is 13.6. The van der Waals surface area contributed by atoms with E-state index in [-0.39, 0.29) is 43.2 Å². The van der Waals surface area contributed by atoms with E-state index in [1.54, 1.807) is 35.5 Å². The molecule has 4 rings (SSSR count). The second-order valence-corrected chi connectivity index (χ2v) is 9.74. The predicted molar refractivity (Wildman–Crippen MR) is 138 cm³/mol. The van der Waals surface area contributed by atoms with E-state index in [0.29, 0.717) is 31.9 Å². The van der Waals surface area contributed by atoms with Crippen LogP contribution in [0, 0.1) is 5.82 Å². The molecular formula is C28H31FN2O4S. The molecule has 36 heavy (non-hydrogen) atoms. The molecule has 0 N–H and O–H groups in total. The van der Waals surface area contributed by atoms with Gasteiger partial charge in [0.1, 0.15) is 18.2 Å². The normalized spacial score (nSPS) is 14.8. The minimum absolute atomic E-state index is 0.00188. The van der Waals surface area contributed by atoms with E-state index in [1.165, 1.54) is 17.0 Å². The third kappa shape index (κ3) is 6.71. The lowest BCUT2D eigenvalue weighted by Gasteiger charge is -2.37. The van der Waals surface area contributed by atoms with Crippen molar-refractivity contribution in [1.29, 1.82) is 0 Å². The summed E-state index contributed by atoms with van der Waals surface area (Å²) in [7, 11) is 1.62. The van der Waals surface area contributed by atoms with Crippen LogP contribution in [0.3, 0.4) is 0 Å². The van der Waals surface area contributed by atoms with Gasteiger partial charge in [-0.25, -0.2) is 4.39 Å². The van der Waals surface area contributed by atoms with Gasteiger partial charge in [0.2, 0.25) is 11.8 Å². The summed E-state index contributed by atoms with van der Waals surface area (Å²) < 4.78 is 24.4. The number of carbonyl (C=O) groups is 2. The summed E-state index contributed by atoms with van der Waals surface area (Å²) in [5.74, 6) is 0.0208. The summed E-state index contributed by atoms with van der Waals surface area (Å²) in [6.07, 6.45) is 1.66. The molecule has 0 spiro atoms. The Hall–Kier alpha value is -3.23. The third-order valence-electron chi connectivity index (χ3n) is 6.29. The highest BCUT2D eigenvalue weighted by Gasteiger charge is 2.33. The molecule has 1 atom stereocenters. The van der Waals surface area contributed by atoms with Crippen LogP contribution in [-0.2, 0) is 27.2 Å². The lowest BCUT2D eigenvalue weighted by molar-refractivity contribution is -0.142. The second-order valence-electron chi connectivity index (χ2n) is 8.74. The largest absolute Gasteiger partial charge is 0.491 e. The minimum Gasteiger partial charge on any atom is -0.491 e. The number of nitrogens with zero attached hydrogens (tertiary/aromatic N) is 2. The highest BCUT2D eigenvalue weighted by molar-refractivity contribution is 7.10. The smallest absolute Gasteiger partial charge is 0.242 e. The fourth-order valence-electron chi connectivity index (χ4n) is 4.41. The minimum atomic E-state index is -0.328. The van der Waals surface area contributed by atoms with E-state index in [4.69, 9.17) is 9.47 Å². The number of carbonyl (C=O) groups excluding carboxylic acids is 2. The van der Waals surface area contributed by atoms with Crippen LogP contribution in [0.25, 0.3) is 0 Å². The van der Waals surface area contributed by atoms with Crippen molar-refractivity contribution in [3.05, 3.63) is 87.9 Å². The molecular weight excluding hydrogens is 479 g/mol. The van der Waals surface area contributed by atoms with Crippen LogP contribution in [-0.4, -0.2) is 61.6 Å². The zero-order valence-electron chi connectivity index (χ0n) is 20.4. The number of benzene rings is 2. The summed E-state index contributed by atoms with van der Waals surface area (Å²) in [4.78, 5) is 31.4. The van der Waals surface area contributed by atoms with Gasteiger partial charge in [-0.3, -0.25) is 9.59 Å². The quantitative estimate of drug-likeness (QED) is 0.357. The molecule has 1 aliphatic heterocycles. The predicted octanol–water partition coefficient (Wildman–Crippen LogP) is 4.50. The fraction of sp³-hybridized carbons (Fsp3) is 0.357. The average Bonchev–Trinajstić information content (AvgIpc) is 3.37. The van der Waals surface area contributed by atoms with E-state index in [0.717, 1.165) is 17.5 Å². The molecule has 190 valence electrons. The van der Waals surface area contributed by atoms with E-state index < -0.39 is 0 Å². The molecule has 0 unspecified atom stereocenters. The van der Waals surface area contributed by atoms with Gasteiger partial charge in [-0.1, -0.05) is 30.3 Å². The van der Waals surface area contributed by atoms with Gasteiger partial charge in [0.05, 0.1) is 19.0 Å². The van der Waals surface area contributed by atoms with Crippen LogP contribution >= 0.6 is 11.3 Å². The second kappa shape index (κ2) is 12.6. The zero-order valence-corrected chi connectivity index (χ0v) is 21.2. The van der Waals surface area contributed by atoms with Crippen molar-refractivity contribution in [1.82, 2.24) is 9.80 Å². The maximum absolute atomic E-state index is 13.6. The standard InChI is InChI=1S/C28H31FN2O4S/c1-34-16-5-14-30(27(32)18-21-6-3-2-4-7-21)19-28(33)31-15-12-26-24(13-17-36-26)25(31)20-35-23-10-8-22(29)9-11-23/h2-4,6-11,13,17,25H,5,12,14-16,18-20H2,1H3/t25-/m0/s1. The number of hydrogen-bond acceptors (Lipinski definition) is 5. The summed E-state index contributed by atoms with van der Waals surface area (Å²) in [5, 5.41) is 2.03. The molecule has 0 fully saturated rings. The fourth-order valence-corrected chi connectivity index (χ4v) is 5.34. The monoisotopic (exact) mass is 510 g/mol. The molecule has 1 aromatic heterocycles. The summed E-state index contributed by atoms with van der Waals surface area (Å²) in [5.41, 5.74) is 1.99. The van der Waals surface area contributed by atoms with Crippen molar-refractivity contribution >= 4 is 23.2 Å². The van der Waals surface area contributed by atoms with Gasteiger partial charge in [-0.05, 0) is 59.7 Å². The summed E-state index contributed by atoms with van der Waals surface area (Å²) in [6.45, 7) is 1.77. The first-order valence-electron chi connectivity index (χ1n) is 12.1. The first-order valence-corrected chi connectivity index (χ1v) is 13.0. The van der Waals surface area contributed by atoms with E-state index in [1.807, 2.05) is 46.7 Å². The lowest BCUT2D eigenvalue weighted by atomic mass is 10.0. The van der Waals surface area contributed by atoms with Gasteiger partial charge in [0.15, 0.2) is 0 Å². The molecule has 1 aliphatic rings. The van der Waals surface area contributed by atoms with Crippen LogP contribution in [0.2, 0.25) is 0 Å². The zero-order chi connectivity index (χ0) is 25.3. The van der Waals surface area contributed by atoms with Crippen LogP contribution < -0.4 is 4.74 Å². The molecule has 2 heterocycles. The van der Waals surface area contributed by atoms with Gasteiger partial charge in [0.25, 0.3) is 0 Å². The molecule has 2 aromatic carbocycles. The Bertz CT molecular complexity index is 1140. The Kier molecular flexibility index (Phi) is 9.08. The molecule has 0 aliphatic carbocycles. The van der Waals surface area contributed by atoms with Crippen LogP contribution in [0.15, 0.2) is 66.0 Å². The van der Waals surface area contributed by atoms with Crippen molar-refractivity contribution in [2.45, 2.75) is 25.3 Å². The number of halogens is 1. The summed E-state index contributed by atoms with van der Waals surface area (Å²) >= 11 is 1.68. The number of fused-ring (bicyclic) bond motifs is 1. The van der Waals surface area contributed by atoms with E-state index in [2.05, 4.69) is 0 Å². The third-order valence-corrected chi connectivity index (χ3v) is 7.29. The molecule has 6 nitrogen and oxygen atoms in total. The molecule has 0 saturated heterocycles. The van der Waals surface area contributed by atoms with Crippen molar-refractivity contribution in [2.24, 2.45) is 0 Å². The molecule has 0 radical (unpaired) electrons. The SMILES string of the molecule is COCCCN(CC(=O)N1CCc2sccc2[C@@H]1COc1ccc(F)cc1)C(=O)Cc1ccccc1. The first-order chi connectivity index (χ1) is 17.5. The van der Waals surface area contributed by atoms with Crippen molar-refractivity contribution in [2.75, 3.05) is 40.0 Å². The Morgan fingerprint density at radius 1 is 1.11 bits per heavy atom. The highest BCUT2D eigenvalue weighted by Crippen LogP contribution is 2.34. The van der Waals surface area contributed by atoms with Gasteiger partial charge >= 0.3 is 0 Å². The molecule has 2 amide bonds. The maximum Gasteiger partial charge on any atom is 0.242 e. The van der Waals surface area contributed by atoms with E-state index >= 15 is 0 Å². The van der Waals surface area contributed by atoms with Gasteiger partial charge < -0.3 is 19.3 Å². The Balaban J connectivity index is 1.47. The number of ether oxygens (including phenoxy) is 2. The average molecular weight is 511 g/mol. The number of hydrogen-bond donors (Lipinski definition) is 0. The molecule has 0 saturated carbocycles. The summed E-state index contributed by atoms with van der Waals surface area (Å²) in [6, 6.07) is 17.2. The number of methoxy groups -OCH3 is 1. The van der Waals surface area contributed by atoms with Gasteiger partial charge in [0, 0.05) is 31.7 Å². The van der Waals surface area contributed by atoms with Gasteiger partial charge in [-0.15, -0.1) is 11.3 Å². The number of amides is 2. The number of thiophene rings is 1. The van der Waals surface area contributed by atoms with Crippen LogP contribution in [0.5, 0.6) is 5.75 Å². The van der Waals surface area contributed by atoms with Crippen molar-refractivity contribution < 1.29 is 23.5 Å². The molecule has 8 heteroatoms. The molecule has 3 aromatic rings. The molecule has 0 bridgehead atoms. The number of rotatable bonds is 11. The van der Waals surface area contributed by atoms with Crippen molar-refractivity contribution in [3.8, 4) is 5.75 Å².